The molecular formula is C26H21F2N5O2. The predicted molar refractivity (Wildman–Crippen MR) is 129 cm³/mol. The molecule has 176 valence electrons. The highest BCUT2D eigenvalue weighted by molar-refractivity contribution is 6.03. The molecule has 0 radical (unpaired) electrons. The molecule has 2 amide bonds. The molecule has 0 unspecified atom stereocenters. The molecule has 2 heterocycles. The number of amides is 2. The molecule has 35 heavy (non-hydrogen) atoms. The molecule has 5 rings (SSSR count). The summed E-state index contributed by atoms with van der Waals surface area (Å²) in [5, 5.41) is 8.57. The van der Waals surface area contributed by atoms with E-state index in [1.54, 1.807) is 18.2 Å². The van der Waals surface area contributed by atoms with Crippen LogP contribution in [0.25, 0.3) is 22.4 Å². The molecule has 3 aromatic carbocycles. The Morgan fingerprint density at radius 3 is 2.66 bits per heavy atom. The Balaban J connectivity index is 1.20. The SMILES string of the molecule is O=C(CCC(=O)N1CCC(c2ccccc2)=N1)Nc1ccc2nc(-c3cc(F)ccc3F)[nH]c2c1. The molecule has 0 saturated carbocycles. The first-order valence-corrected chi connectivity index (χ1v) is 11.1. The molecule has 7 nitrogen and oxygen atoms in total. The molecule has 1 aliphatic rings. The summed E-state index contributed by atoms with van der Waals surface area (Å²) in [6.45, 7) is 0.495. The van der Waals surface area contributed by atoms with Crippen LogP contribution in [0.5, 0.6) is 0 Å². The van der Waals surface area contributed by atoms with E-state index in [0.717, 1.165) is 29.5 Å². The van der Waals surface area contributed by atoms with Crippen LogP contribution >= 0.6 is 0 Å². The molecule has 0 saturated heterocycles. The van der Waals surface area contributed by atoms with Crippen molar-refractivity contribution < 1.29 is 18.4 Å². The fourth-order valence-corrected chi connectivity index (χ4v) is 3.94. The second-order valence-corrected chi connectivity index (χ2v) is 8.17. The van der Waals surface area contributed by atoms with Crippen LogP contribution in [0.2, 0.25) is 0 Å². The van der Waals surface area contributed by atoms with Crippen molar-refractivity contribution in [2.75, 3.05) is 11.9 Å². The van der Waals surface area contributed by atoms with Gasteiger partial charge in [0, 0.05) is 24.9 Å². The van der Waals surface area contributed by atoms with Gasteiger partial charge in [0.2, 0.25) is 11.8 Å². The molecule has 2 N–H and O–H groups in total. The lowest BCUT2D eigenvalue weighted by molar-refractivity contribution is -0.132. The molecule has 0 fully saturated rings. The van der Waals surface area contributed by atoms with Crippen LogP contribution < -0.4 is 5.32 Å². The number of aromatic amines is 1. The number of nitrogens with one attached hydrogen (secondary N) is 2. The van der Waals surface area contributed by atoms with E-state index in [1.807, 2.05) is 30.3 Å². The molecule has 9 heteroatoms. The van der Waals surface area contributed by atoms with Crippen molar-refractivity contribution in [3.63, 3.8) is 0 Å². The molecule has 1 aromatic heterocycles. The van der Waals surface area contributed by atoms with E-state index in [-0.39, 0.29) is 36.0 Å². The van der Waals surface area contributed by atoms with Crippen LogP contribution in [-0.4, -0.2) is 39.0 Å². The van der Waals surface area contributed by atoms with Gasteiger partial charge in [-0.1, -0.05) is 30.3 Å². The van der Waals surface area contributed by atoms with Gasteiger partial charge in [-0.2, -0.15) is 5.10 Å². The van der Waals surface area contributed by atoms with Crippen LogP contribution in [0.15, 0.2) is 71.8 Å². The van der Waals surface area contributed by atoms with Gasteiger partial charge in [0.05, 0.1) is 28.9 Å². The number of nitrogens with zero attached hydrogens (tertiary/aromatic N) is 3. The van der Waals surface area contributed by atoms with Gasteiger partial charge >= 0.3 is 0 Å². The second kappa shape index (κ2) is 9.46. The number of carbonyl (C=O) groups excluding carboxylic acids is 2. The number of halogens is 2. The monoisotopic (exact) mass is 473 g/mol. The van der Waals surface area contributed by atoms with Crippen LogP contribution in [0.1, 0.15) is 24.8 Å². The molecule has 0 spiro atoms. The summed E-state index contributed by atoms with van der Waals surface area (Å²) < 4.78 is 27.6. The number of hydrazone groups is 1. The van der Waals surface area contributed by atoms with Gasteiger partial charge in [-0.05, 0) is 42.0 Å². The largest absolute Gasteiger partial charge is 0.338 e. The zero-order valence-corrected chi connectivity index (χ0v) is 18.6. The fourth-order valence-electron chi connectivity index (χ4n) is 3.94. The van der Waals surface area contributed by atoms with Crippen LogP contribution in [0.3, 0.4) is 0 Å². The highest BCUT2D eigenvalue weighted by atomic mass is 19.1. The van der Waals surface area contributed by atoms with Crippen LogP contribution in [0, 0.1) is 11.6 Å². The summed E-state index contributed by atoms with van der Waals surface area (Å²) in [4.78, 5) is 32.2. The first kappa shape index (κ1) is 22.4. The number of imidazole rings is 1. The van der Waals surface area contributed by atoms with E-state index in [1.165, 1.54) is 5.01 Å². The maximum Gasteiger partial charge on any atom is 0.243 e. The highest BCUT2D eigenvalue weighted by Gasteiger charge is 2.22. The number of anilines is 1. The minimum Gasteiger partial charge on any atom is -0.338 e. The van der Waals surface area contributed by atoms with E-state index >= 15 is 0 Å². The van der Waals surface area contributed by atoms with Gasteiger partial charge in [0.25, 0.3) is 0 Å². The summed E-state index contributed by atoms with van der Waals surface area (Å²) in [6.07, 6.45) is 0.715. The Labute approximate surface area is 199 Å². The van der Waals surface area contributed by atoms with Crippen molar-refractivity contribution in [2.24, 2.45) is 5.10 Å². The van der Waals surface area contributed by atoms with Crippen molar-refractivity contribution in [1.29, 1.82) is 0 Å². The highest BCUT2D eigenvalue weighted by Crippen LogP contribution is 2.25. The van der Waals surface area contributed by atoms with Crippen LogP contribution in [-0.2, 0) is 9.59 Å². The zero-order chi connectivity index (χ0) is 24.4. The van der Waals surface area contributed by atoms with E-state index < -0.39 is 11.6 Å². The van der Waals surface area contributed by atoms with Crippen molar-refractivity contribution in [3.8, 4) is 11.4 Å². The van der Waals surface area contributed by atoms with E-state index in [4.69, 9.17) is 0 Å². The first-order chi connectivity index (χ1) is 17.0. The lowest BCUT2D eigenvalue weighted by atomic mass is 10.1. The van der Waals surface area contributed by atoms with Crippen molar-refractivity contribution in [1.82, 2.24) is 15.0 Å². The van der Waals surface area contributed by atoms with E-state index in [9.17, 15) is 18.4 Å². The van der Waals surface area contributed by atoms with Crippen molar-refractivity contribution in [3.05, 3.63) is 83.9 Å². The minimum atomic E-state index is -0.595. The number of aromatic nitrogens is 2. The van der Waals surface area contributed by atoms with Crippen LogP contribution in [0.4, 0.5) is 14.5 Å². The first-order valence-electron chi connectivity index (χ1n) is 11.1. The third kappa shape index (κ3) is 4.93. The molecule has 1 aliphatic heterocycles. The van der Waals surface area contributed by atoms with Gasteiger partial charge < -0.3 is 10.3 Å². The topological polar surface area (TPSA) is 90.4 Å². The maximum absolute atomic E-state index is 14.1. The standard InChI is InChI=1S/C26H21F2N5O2/c27-17-6-8-20(28)19(14-17)26-30-22-9-7-18(15-23(22)31-26)29-24(34)10-11-25(35)33-13-12-21(32-33)16-4-2-1-3-5-16/h1-9,14-15H,10-13H2,(H,29,34)(H,30,31). The normalized spacial score (nSPS) is 13.2. The summed E-state index contributed by atoms with van der Waals surface area (Å²) in [5.41, 5.74) is 3.45. The number of carbonyl (C=O) groups is 2. The smallest absolute Gasteiger partial charge is 0.243 e. The van der Waals surface area contributed by atoms with Crippen molar-refractivity contribution >= 4 is 34.2 Å². The Kier molecular flexibility index (Phi) is 6.05. The number of rotatable bonds is 6. The molecule has 0 atom stereocenters. The number of hydrogen-bond acceptors (Lipinski definition) is 4. The molecule has 0 aliphatic carbocycles. The average Bonchev–Trinajstić information content (AvgIpc) is 3.52. The number of hydrogen-bond donors (Lipinski definition) is 2. The Morgan fingerprint density at radius 2 is 1.83 bits per heavy atom. The van der Waals surface area contributed by atoms with Gasteiger partial charge in [0.15, 0.2) is 0 Å². The van der Waals surface area contributed by atoms with Gasteiger partial charge in [-0.3, -0.25) is 9.59 Å². The Hall–Kier alpha value is -4.40. The molecule has 4 aromatic rings. The van der Waals surface area contributed by atoms with Gasteiger partial charge in [-0.25, -0.2) is 18.8 Å². The van der Waals surface area contributed by atoms with Gasteiger partial charge in [0.1, 0.15) is 17.5 Å². The number of H-pyrrole nitrogens is 1. The summed E-state index contributed by atoms with van der Waals surface area (Å²) >= 11 is 0. The lowest BCUT2D eigenvalue weighted by Gasteiger charge is -2.11. The summed E-state index contributed by atoms with van der Waals surface area (Å²) in [7, 11) is 0. The second-order valence-electron chi connectivity index (χ2n) is 8.17. The number of fused-ring (bicyclic) bond motifs is 1. The maximum atomic E-state index is 14.1. The summed E-state index contributed by atoms with van der Waals surface area (Å²) in [6, 6.07) is 17.8. The minimum absolute atomic E-state index is 0.00624. The number of benzene rings is 3. The quantitative estimate of drug-likeness (QED) is 0.419. The molecular weight excluding hydrogens is 452 g/mol. The molecule has 0 bridgehead atoms. The lowest BCUT2D eigenvalue weighted by Crippen LogP contribution is -2.24. The Morgan fingerprint density at radius 1 is 1.00 bits per heavy atom. The van der Waals surface area contributed by atoms with Gasteiger partial charge in [-0.15, -0.1) is 0 Å². The third-order valence-electron chi connectivity index (χ3n) is 5.71. The Bertz CT molecular complexity index is 1450. The van der Waals surface area contributed by atoms with Crippen molar-refractivity contribution in [2.45, 2.75) is 19.3 Å². The summed E-state index contributed by atoms with van der Waals surface area (Å²) in [5.74, 6) is -1.51. The third-order valence-corrected chi connectivity index (χ3v) is 5.71. The van der Waals surface area contributed by atoms with E-state index in [0.29, 0.717) is 29.7 Å². The fraction of sp³-hybridized carbons (Fsp3) is 0.154. The van der Waals surface area contributed by atoms with E-state index in [2.05, 4.69) is 20.4 Å². The zero-order valence-electron chi connectivity index (χ0n) is 18.6. The average molecular weight is 473 g/mol. The predicted octanol–water partition coefficient (Wildman–Crippen LogP) is 4.86.